The van der Waals surface area contributed by atoms with Crippen LogP contribution in [0.15, 0.2) is 41.3 Å². The normalized spacial score (nSPS) is 14.4. The molecule has 0 N–H and O–H groups in total. The van der Waals surface area contributed by atoms with E-state index >= 15 is 0 Å². The van der Waals surface area contributed by atoms with E-state index in [2.05, 4.69) is 23.8 Å². The van der Waals surface area contributed by atoms with Crippen molar-refractivity contribution >= 4 is 41.1 Å². The van der Waals surface area contributed by atoms with Crippen LogP contribution in [0.2, 0.25) is 0 Å². The molecule has 0 atom stereocenters. The van der Waals surface area contributed by atoms with Crippen molar-refractivity contribution in [3.8, 4) is 5.69 Å². The lowest BCUT2D eigenvalue weighted by molar-refractivity contribution is 0.837. The summed E-state index contributed by atoms with van der Waals surface area (Å²) in [6.07, 6.45) is 4.21. The maximum Gasteiger partial charge on any atom is 0.333 e. The summed E-state index contributed by atoms with van der Waals surface area (Å²) in [7, 11) is 3.85. The van der Waals surface area contributed by atoms with Crippen molar-refractivity contribution in [3.63, 3.8) is 0 Å². The van der Waals surface area contributed by atoms with Crippen LogP contribution in [-0.4, -0.2) is 40.0 Å². The van der Waals surface area contributed by atoms with Crippen molar-refractivity contribution in [2.75, 3.05) is 18.0 Å². The summed E-state index contributed by atoms with van der Waals surface area (Å²) in [6, 6.07) is 10.2. The molecule has 1 aliphatic rings. The molecule has 4 heterocycles. The van der Waals surface area contributed by atoms with Crippen LogP contribution in [0.3, 0.4) is 0 Å². The van der Waals surface area contributed by atoms with Gasteiger partial charge in [-0.05, 0) is 38.0 Å². The van der Waals surface area contributed by atoms with Gasteiger partial charge in [-0.1, -0.05) is 17.6 Å². The molecular weight excluding hydrogens is 349 g/mol. The number of nitrogens with zero attached hydrogens (tertiary/aromatic N) is 5. The van der Waals surface area contributed by atoms with E-state index in [9.17, 15) is 4.79 Å². The second kappa shape index (κ2) is 6.22. The van der Waals surface area contributed by atoms with Gasteiger partial charge in [0.1, 0.15) is 13.7 Å². The van der Waals surface area contributed by atoms with Gasteiger partial charge in [-0.2, -0.15) is 0 Å². The Morgan fingerprint density at radius 1 is 1.11 bits per heavy atom. The van der Waals surface area contributed by atoms with Gasteiger partial charge in [0.25, 0.3) is 0 Å². The highest BCUT2D eigenvalue weighted by Crippen LogP contribution is 2.27. The molecule has 7 heteroatoms. The molecule has 1 fully saturated rings. The quantitative estimate of drug-likeness (QED) is 0.501. The first-order chi connectivity index (χ1) is 13.5. The van der Waals surface area contributed by atoms with E-state index in [-0.39, 0.29) is 5.69 Å². The van der Waals surface area contributed by atoms with E-state index < -0.39 is 0 Å². The summed E-state index contributed by atoms with van der Waals surface area (Å²) in [5.41, 5.74) is 5.35. The zero-order chi connectivity index (χ0) is 19.4. The molecule has 0 unspecified atom stereocenters. The van der Waals surface area contributed by atoms with Crippen molar-refractivity contribution in [3.05, 3.63) is 52.7 Å². The number of fused-ring (bicyclic) bond motifs is 3. The fourth-order valence-corrected chi connectivity index (χ4v) is 4.23. The van der Waals surface area contributed by atoms with Gasteiger partial charge in [0.05, 0.1) is 34.1 Å². The lowest BCUT2D eigenvalue weighted by Gasteiger charge is -2.18. The Morgan fingerprint density at radius 3 is 2.64 bits per heavy atom. The second-order valence-electron chi connectivity index (χ2n) is 7.66. The molecule has 0 bridgehead atoms. The Morgan fingerprint density at radius 2 is 1.89 bits per heavy atom. The lowest BCUT2D eigenvalue weighted by atomic mass is 9.94. The van der Waals surface area contributed by atoms with Gasteiger partial charge >= 0.3 is 5.69 Å². The first kappa shape index (κ1) is 17.0. The number of pyridine rings is 2. The molecule has 0 aliphatic carbocycles. The third kappa shape index (κ3) is 2.46. The molecule has 6 nitrogen and oxygen atoms in total. The summed E-state index contributed by atoms with van der Waals surface area (Å²) >= 11 is 0. The number of hydrogen-bond donors (Lipinski definition) is 0. The van der Waals surface area contributed by atoms with Crippen molar-refractivity contribution in [1.82, 2.24) is 19.1 Å². The molecule has 1 saturated heterocycles. The number of aryl methyl sites for hydroxylation is 2. The predicted molar refractivity (Wildman–Crippen MR) is 116 cm³/mol. The highest BCUT2D eigenvalue weighted by molar-refractivity contribution is 6.33. The van der Waals surface area contributed by atoms with Gasteiger partial charge in [-0.3, -0.25) is 14.1 Å². The molecule has 4 aromatic rings. The maximum atomic E-state index is 13.2. The fraction of sp³-hybridized carbons (Fsp3) is 0.286. The SMILES string of the molecule is Bc1ccc2ncc3c(c2c1)n(-c1ccc(N2CCCC2)nc1C)c(=O)n3C. The molecule has 140 valence electrons. The smallest absolute Gasteiger partial charge is 0.333 e. The molecule has 0 saturated carbocycles. The van der Waals surface area contributed by atoms with Crippen LogP contribution in [-0.2, 0) is 7.05 Å². The maximum absolute atomic E-state index is 13.2. The first-order valence-corrected chi connectivity index (χ1v) is 9.74. The summed E-state index contributed by atoms with van der Waals surface area (Å²) < 4.78 is 3.45. The van der Waals surface area contributed by atoms with E-state index in [1.54, 1.807) is 22.4 Å². The van der Waals surface area contributed by atoms with E-state index in [0.29, 0.717) is 0 Å². The first-order valence-electron chi connectivity index (χ1n) is 9.74. The predicted octanol–water partition coefficient (Wildman–Crippen LogP) is 1.44. The number of aromatic nitrogens is 4. The summed E-state index contributed by atoms with van der Waals surface area (Å²) in [6.45, 7) is 4.08. The van der Waals surface area contributed by atoms with Gasteiger partial charge < -0.3 is 4.90 Å². The summed E-state index contributed by atoms with van der Waals surface area (Å²) in [4.78, 5) is 24.9. The molecule has 1 aliphatic heterocycles. The van der Waals surface area contributed by atoms with Gasteiger partial charge in [0.15, 0.2) is 0 Å². The van der Waals surface area contributed by atoms with Crippen molar-refractivity contribution in [2.45, 2.75) is 19.8 Å². The molecule has 28 heavy (non-hydrogen) atoms. The number of imidazole rings is 1. The summed E-state index contributed by atoms with van der Waals surface area (Å²) in [5, 5.41) is 0.984. The number of anilines is 1. The Bertz CT molecular complexity index is 1280. The van der Waals surface area contributed by atoms with Crippen LogP contribution in [0.1, 0.15) is 18.5 Å². The molecular formula is C21H22BN5O. The molecule has 3 aromatic heterocycles. The molecule has 0 amide bonds. The van der Waals surface area contributed by atoms with Crippen LogP contribution in [0.25, 0.3) is 27.6 Å². The topological polar surface area (TPSA) is 56.0 Å². The van der Waals surface area contributed by atoms with Gasteiger partial charge in [-0.15, -0.1) is 0 Å². The van der Waals surface area contributed by atoms with Crippen LogP contribution in [0.4, 0.5) is 5.82 Å². The zero-order valence-electron chi connectivity index (χ0n) is 16.4. The third-order valence-electron chi connectivity index (χ3n) is 5.75. The van der Waals surface area contributed by atoms with Crippen LogP contribution >= 0.6 is 0 Å². The van der Waals surface area contributed by atoms with E-state index in [1.165, 1.54) is 12.8 Å². The Balaban J connectivity index is 1.80. The highest BCUT2D eigenvalue weighted by atomic mass is 16.1. The molecule has 0 spiro atoms. The fourth-order valence-electron chi connectivity index (χ4n) is 4.23. The molecule has 0 radical (unpaired) electrons. The number of benzene rings is 1. The minimum Gasteiger partial charge on any atom is -0.357 e. The molecule has 1 aromatic carbocycles. The average Bonchev–Trinajstić information content (AvgIpc) is 3.30. The number of hydrogen-bond acceptors (Lipinski definition) is 4. The van der Waals surface area contributed by atoms with E-state index in [0.717, 1.165) is 57.7 Å². The van der Waals surface area contributed by atoms with Gasteiger partial charge in [-0.25, -0.2) is 9.78 Å². The lowest BCUT2D eigenvalue weighted by Crippen LogP contribution is -2.23. The average molecular weight is 371 g/mol. The summed E-state index contributed by atoms with van der Waals surface area (Å²) in [5.74, 6) is 0.995. The van der Waals surface area contributed by atoms with Crippen molar-refractivity contribution in [2.24, 2.45) is 7.05 Å². The van der Waals surface area contributed by atoms with Crippen LogP contribution < -0.4 is 16.1 Å². The Kier molecular flexibility index (Phi) is 3.79. The monoisotopic (exact) mass is 371 g/mol. The highest BCUT2D eigenvalue weighted by Gasteiger charge is 2.19. The zero-order valence-corrected chi connectivity index (χ0v) is 16.4. The van der Waals surface area contributed by atoms with E-state index in [1.807, 2.05) is 31.2 Å². The van der Waals surface area contributed by atoms with Crippen LogP contribution in [0.5, 0.6) is 0 Å². The van der Waals surface area contributed by atoms with Gasteiger partial charge in [0.2, 0.25) is 0 Å². The Labute approximate surface area is 163 Å². The third-order valence-corrected chi connectivity index (χ3v) is 5.75. The second-order valence-corrected chi connectivity index (χ2v) is 7.66. The number of rotatable bonds is 2. The van der Waals surface area contributed by atoms with E-state index in [4.69, 9.17) is 4.98 Å². The minimum atomic E-state index is -0.0790. The molecule has 5 rings (SSSR count). The largest absolute Gasteiger partial charge is 0.357 e. The van der Waals surface area contributed by atoms with Crippen LogP contribution in [0, 0.1) is 6.92 Å². The standard InChI is InChI=1S/C21H22BN5O/c1-13-17(7-8-19(24-13)26-9-3-4-10-26)27-20-15-11-14(22)5-6-16(15)23-12-18(20)25(2)21(27)28/h5-8,11-12H,3-4,9-10,22H2,1-2H3. The van der Waals surface area contributed by atoms with Gasteiger partial charge in [0, 0.05) is 25.5 Å². The Hall–Kier alpha value is -3.09. The van der Waals surface area contributed by atoms with Crippen molar-refractivity contribution in [1.29, 1.82) is 0 Å². The minimum absolute atomic E-state index is 0.0790. The van der Waals surface area contributed by atoms with Crippen molar-refractivity contribution < 1.29 is 0 Å².